The summed E-state index contributed by atoms with van der Waals surface area (Å²) in [6, 6.07) is 6.69. The molecular formula is C14H19N5. The van der Waals surface area contributed by atoms with Crippen LogP contribution in [0.5, 0.6) is 0 Å². The maximum absolute atomic E-state index is 3.45. The van der Waals surface area contributed by atoms with Gasteiger partial charge in [0.2, 0.25) is 0 Å². The summed E-state index contributed by atoms with van der Waals surface area (Å²) in [7, 11) is 0. The second kappa shape index (κ2) is 4.52. The van der Waals surface area contributed by atoms with E-state index in [9.17, 15) is 0 Å². The summed E-state index contributed by atoms with van der Waals surface area (Å²) in [5.41, 5.74) is 10.3. The lowest BCUT2D eigenvalue weighted by molar-refractivity contribution is 0.689. The predicted molar refractivity (Wildman–Crippen MR) is 77.0 cm³/mol. The third-order valence-electron chi connectivity index (χ3n) is 4.23. The largest absolute Gasteiger partial charge is 0.361 e. The summed E-state index contributed by atoms with van der Waals surface area (Å²) in [5, 5.41) is 4.82. The van der Waals surface area contributed by atoms with Crippen LogP contribution in [-0.2, 0) is 0 Å². The van der Waals surface area contributed by atoms with E-state index in [-0.39, 0.29) is 0 Å². The number of hydrogen-bond acceptors (Lipinski definition) is 4. The van der Waals surface area contributed by atoms with E-state index in [1.54, 1.807) is 0 Å². The van der Waals surface area contributed by atoms with E-state index in [0.717, 1.165) is 26.4 Å². The first-order valence-corrected chi connectivity index (χ1v) is 6.94. The number of H-pyrrole nitrogens is 1. The number of fused-ring (bicyclic) bond motifs is 1. The van der Waals surface area contributed by atoms with Gasteiger partial charge in [-0.15, -0.1) is 0 Å². The highest BCUT2D eigenvalue weighted by Crippen LogP contribution is 2.32. The van der Waals surface area contributed by atoms with Crippen LogP contribution in [0.15, 0.2) is 24.4 Å². The Morgan fingerprint density at radius 1 is 1.16 bits per heavy atom. The maximum atomic E-state index is 3.45. The first-order chi connectivity index (χ1) is 9.42. The van der Waals surface area contributed by atoms with Crippen LogP contribution < -0.4 is 21.1 Å². The number of benzene rings is 1. The average Bonchev–Trinajstić information content (AvgIpc) is 3.18. The lowest BCUT2D eigenvalue weighted by atomic mass is 9.97. The van der Waals surface area contributed by atoms with Crippen LogP contribution in [0.2, 0.25) is 0 Å². The molecule has 0 aliphatic carbocycles. The van der Waals surface area contributed by atoms with Crippen molar-refractivity contribution >= 4 is 16.6 Å². The summed E-state index contributed by atoms with van der Waals surface area (Å²) in [5.74, 6) is 0.652. The van der Waals surface area contributed by atoms with Crippen LogP contribution >= 0.6 is 0 Å². The molecule has 0 bridgehead atoms. The molecule has 19 heavy (non-hydrogen) atoms. The minimum atomic E-state index is 0.652. The summed E-state index contributed by atoms with van der Waals surface area (Å²) < 4.78 is 0. The van der Waals surface area contributed by atoms with Crippen LogP contribution in [0.25, 0.3) is 10.9 Å². The fourth-order valence-electron chi connectivity index (χ4n) is 3.13. The third kappa shape index (κ3) is 1.90. The van der Waals surface area contributed by atoms with Gasteiger partial charge >= 0.3 is 0 Å². The van der Waals surface area contributed by atoms with Crippen molar-refractivity contribution in [1.82, 2.24) is 21.2 Å². The quantitative estimate of drug-likeness (QED) is 0.650. The second-order valence-corrected chi connectivity index (χ2v) is 5.37. The zero-order valence-electron chi connectivity index (χ0n) is 10.9. The molecule has 0 saturated carbocycles. The monoisotopic (exact) mass is 257 g/mol. The van der Waals surface area contributed by atoms with Crippen molar-refractivity contribution in [1.29, 1.82) is 0 Å². The van der Waals surface area contributed by atoms with Gasteiger partial charge in [-0.2, -0.15) is 0 Å². The van der Waals surface area contributed by atoms with Crippen molar-refractivity contribution in [2.45, 2.75) is 12.3 Å². The van der Waals surface area contributed by atoms with E-state index >= 15 is 0 Å². The summed E-state index contributed by atoms with van der Waals surface area (Å²) in [6.45, 7) is 3.95. The van der Waals surface area contributed by atoms with Crippen LogP contribution in [0, 0.1) is 0 Å². The van der Waals surface area contributed by atoms with Gasteiger partial charge in [-0.25, -0.2) is 10.9 Å². The Bertz CT molecular complexity index is 579. The van der Waals surface area contributed by atoms with Crippen molar-refractivity contribution in [2.75, 3.05) is 31.3 Å². The number of hydrazine groups is 1. The Morgan fingerprint density at radius 3 is 2.84 bits per heavy atom. The molecule has 0 spiro atoms. The summed E-state index contributed by atoms with van der Waals surface area (Å²) in [6.07, 6.45) is 3.43. The van der Waals surface area contributed by atoms with E-state index < -0.39 is 0 Å². The lowest BCUT2D eigenvalue weighted by Gasteiger charge is -2.16. The molecule has 1 aromatic heterocycles. The molecule has 1 atom stereocenters. The normalized spacial score (nSPS) is 23.6. The number of nitrogens with one attached hydrogen (secondary N) is 4. The number of rotatable bonds is 2. The molecule has 5 nitrogen and oxygen atoms in total. The molecule has 2 saturated heterocycles. The van der Waals surface area contributed by atoms with Crippen molar-refractivity contribution in [3.8, 4) is 0 Å². The molecule has 100 valence electrons. The minimum absolute atomic E-state index is 0.652. The van der Waals surface area contributed by atoms with Crippen LogP contribution in [-0.4, -0.2) is 31.4 Å². The van der Waals surface area contributed by atoms with Gasteiger partial charge in [0.05, 0.1) is 13.3 Å². The molecule has 2 aliphatic heterocycles. The highest BCUT2D eigenvalue weighted by Gasteiger charge is 2.20. The fraction of sp³-hybridized carbons (Fsp3) is 0.429. The number of nitrogens with zero attached hydrogens (tertiary/aromatic N) is 1. The Balaban J connectivity index is 1.75. The predicted octanol–water partition coefficient (Wildman–Crippen LogP) is 1.07. The van der Waals surface area contributed by atoms with E-state index in [4.69, 9.17) is 0 Å². The van der Waals surface area contributed by atoms with Crippen molar-refractivity contribution in [3.63, 3.8) is 0 Å². The first kappa shape index (κ1) is 11.3. The zero-order valence-corrected chi connectivity index (χ0v) is 10.9. The van der Waals surface area contributed by atoms with Gasteiger partial charge in [-0.1, -0.05) is 0 Å². The van der Waals surface area contributed by atoms with E-state index in [1.165, 1.54) is 28.6 Å². The van der Waals surface area contributed by atoms with E-state index in [2.05, 4.69) is 50.4 Å². The van der Waals surface area contributed by atoms with Crippen LogP contribution in [0.4, 0.5) is 5.69 Å². The Kier molecular flexibility index (Phi) is 2.69. The number of anilines is 1. The molecule has 5 heteroatoms. The molecule has 0 radical (unpaired) electrons. The number of aromatic amines is 1. The zero-order chi connectivity index (χ0) is 12.7. The smallest absolute Gasteiger partial charge is 0.0824 e. The topological polar surface area (TPSA) is 55.1 Å². The minimum Gasteiger partial charge on any atom is -0.361 e. The lowest BCUT2D eigenvalue weighted by Crippen LogP contribution is -2.21. The number of hydrogen-bond donors (Lipinski definition) is 4. The second-order valence-electron chi connectivity index (χ2n) is 5.37. The van der Waals surface area contributed by atoms with Crippen molar-refractivity contribution < 1.29 is 0 Å². The first-order valence-electron chi connectivity index (χ1n) is 6.94. The molecule has 2 aromatic rings. The van der Waals surface area contributed by atoms with Gasteiger partial charge in [0, 0.05) is 29.3 Å². The molecule has 0 amide bonds. The molecule has 3 heterocycles. The molecule has 4 rings (SSSR count). The average molecular weight is 257 g/mol. The van der Waals surface area contributed by atoms with Gasteiger partial charge in [-0.05, 0) is 42.6 Å². The van der Waals surface area contributed by atoms with Crippen molar-refractivity contribution in [3.05, 3.63) is 30.0 Å². The summed E-state index contributed by atoms with van der Waals surface area (Å²) in [4.78, 5) is 5.70. The fourth-order valence-corrected chi connectivity index (χ4v) is 3.13. The molecule has 4 N–H and O–H groups in total. The Morgan fingerprint density at radius 2 is 2.05 bits per heavy atom. The molecule has 1 unspecified atom stereocenters. The van der Waals surface area contributed by atoms with Crippen molar-refractivity contribution in [2.24, 2.45) is 0 Å². The van der Waals surface area contributed by atoms with Gasteiger partial charge in [-0.3, -0.25) is 0 Å². The van der Waals surface area contributed by atoms with Gasteiger partial charge in [0.15, 0.2) is 0 Å². The Labute approximate surface area is 112 Å². The highest BCUT2D eigenvalue weighted by atomic mass is 15.5. The van der Waals surface area contributed by atoms with E-state index in [1.807, 2.05) is 0 Å². The Hall–Kier alpha value is -1.56. The van der Waals surface area contributed by atoms with Gasteiger partial charge < -0.3 is 15.2 Å². The summed E-state index contributed by atoms with van der Waals surface area (Å²) >= 11 is 0. The van der Waals surface area contributed by atoms with Crippen LogP contribution in [0.3, 0.4) is 0 Å². The van der Waals surface area contributed by atoms with E-state index in [0.29, 0.717) is 5.92 Å². The molecule has 1 aromatic carbocycles. The van der Waals surface area contributed by atoms with Crippen LogP contribution in [0.1, 0.15) is 17.9 Å². The van der Waals surface area contributed by atoms with Gasteiger partial charge in [0.1, 0.15) is 0 Å². The molecule has 2 fully saturated rings. The molecular weight excluding hydrogens is 238 g/mol. The third-order valence-corrected chi connectivity index (χ3v) is 4.23. The standard InChI is InChI=1S/C14H19N5/c1-2-14-12(5-11(1)19-8-17-18-9-19)13(7-16-14)10-3-4-15-6-10/h1-2,5,7,10,15-18H,3-4,6,8-9H2. The molecule has 2 aliphatic rings. The SMILES string of the molecule is c1cc2[nH]cc(C3CCNC3)c2cc1N1CNNC1. The maximum Gasteiger partial charge on any atom is 0.0824 e. The van der Waals surface area contributed by atoms with Gasteiger partial charge in [0.25, 0.3) is 0 Å². The highest BCUT2D eigenvalue weighted by molar-refractivity contribution is 5.87. The number of aromatic nitrogens is 1.